The summed E-state index contributed by atoms with van der Waals surface area (Å²) in [7, 11) is 0. The Morgan fingerprint density at radius 1 is 1.40 bits per heavy atom. The molecule has 0 bridgehead atoms. The van der Waals surface area contributed by atoms with Crippen molar-refractivity contribution in [2.45, 2.75) is 25.4 Å². The first kappa shape index (κ1) is 12.8. The van der Waals surface area contributed by atoms with Gasteiger partial charge >= 0.3 is 0 Å². The average Bonchev–Trinajstić information content (AvgIpc) is 2.53. The minimum atomic E-state index is -0.0314. The number of amidine groups is 1. The van der Waals surface area contributed by atoms with E-state index >= 15 is 0 Å². The lowest BCUT2D eigenvalue weighted by Crippen LogP contribution is -2.35. The minimum absolute atomic E-state index is 0.0314. The van der Waals surface area contributed by atoms with Crippen LogP contribution < -0.4 is 5.32 Å². The molecule has 1 saturated heterocycles. The molecule has 0 amide bonds. The first-order chi connectivity index (χ1) is 9.88. The fourth-order valence-corrected chi connectivity index (χ4v) is 2.60. The zero-order valence-corrected chi connectivity index (χ0v) is 11.2. The molecule has 0 spiro atoms. The molecule has 5 nitrogen and oxygen atoms in total. The fourth-order valence-electron chi connectivity index (χ4n) is 2.60. The van der Waals surface area contributed by atoms with Crippen LogP contribution in [0.3, 0.4) is 0 Å². The number of nitrogens with one attached hydrogen (secondary N) is 1. The maximum atomic E-state index is 9.09. The highest BCUT2D eigenvalue weighted by Gasteiger charge is 2.22. The zero-order valence-electron chi connectivity index (χ0n) is 11.2. The van der Waals surface area contributed by atoms with Crippen LogP contribution in [0, 0.1) is 0 Å². The van der Waals surface area contributed by atoms with Gasteiger partial charge in [-0.05, 0) is 30.4 Å². The number of rotatable bonds is 2. The van der Waals surface area contributed by atoms with Crippen LogP contribution in [-0.4, -0.2) is 24.1 Å². The van der Waals surface area contributed by atoms with E-state index in [1.54, 1.807) is 0 Å². The maximum absolute atomic E-state index is 9.09. The molecule has 0 saturated carbocycles. The van der Waals surface area contributed by atoms with E-state index in [-0.39, 0.29) is 6.10 Å². The first-order valence-corrected chi connectivity index (χ1v) is 6.91. The van der Waals surface area contributed by atoms with Crippen molar-refractivity contribution in [2.24, 2.45) is 5.16 Å². The van der Waals surface area contributed by atoms with Crippen LogP contribution in [0.1, 0.15) is 30.1 Å². The SMILES string of the molecule is O/C=C1\OCCN\C1=N/OC1CCCc2ccccc21. The number of aliphatic hydroxyl groups excluding tert-OH is 1. The second-order valence-electron chi connectivity index (χ2n) is 4.89. The van der Waals surface area contributed by atoms with E-state index in [2.05, 4.69) is 28.7 Å². The smallest absolute Gasteiger partial charge is 0.211 e. The molecule has 106 valence electrons. The molecule has 2 aliphatic rings. The van der Waals surface area contributed by atoms with Gasteiger partial charge in [-0.1, -0.05) is 29.4 Å². The summed E-state index contributed by atoms with van der Waals surface area (Å²) in [5.74, 6) is 0.766. The van der Waals surface area contributed by atoms with Crippen LogP contribution in [0.2, 0.25) is 0 Å². The molecular formula is C15H18N2O3. The van der Waals surface area contributed by atoms with Gasteiger partial charge in [0.1, 0.15) is 12.9 Å². The molecule has 5 heteroatoms. The van der Waals surface area contributed by atoms with E-state index in [9.17, 15) is 0 Å². The highest BCUT2D eigenvalue weighted by molar-refractivity contribution is 5.96. The molecule has 1 unspecified atom stereocenters. The van der Waals surface area contributed by atoms with E-state index < -0.39 is 0 Å². The standard InChI is InChI=1S/C15H18N2O3/c18-10-14-15(16-8-9-19-14)17-20-13-7-3-5-11-4-1-2-6-12(11)13/h1-2,4,6,10,13,18H,3,5,7-9H2,(H,16,17)/b14-10-. The summed E-state index contributed by atoms with van der Waals surface area (Å²) < 4.78 is 5.29. The third kappa shape index (κ3) is 2.57. The monoisotopic (exact) mass is 274 g/mol. The molecule has 1 aromatic carbocycles. The number of oxime groups is 1. The highest BCUT2D eigenvalue weighted by atomic mass is 16.6. The van der Waals surface area contributed by atoms with Crippen molar-refractivity contribution in [1.29, 1.82) is 0 Å². The zero-order chi connectivity index (χ0) is 13.8. The van der Waals surface area contributed by atoms with Crippen LogP contribution in [0.5, 0.6) is 0 Å². The van der Waals surface area contributed by atoms with Crippen LogP contribution >= 0.6 is 0 Å². The number of hydrogen-bond acceptors (Lipinski definition) is 4. The van der Waals surface area contributed by atoms with Crippen LogP contribution in [0.15, 0.2) is 41.4 Å². The molecule has 2 N–H and O–H groups in total. The quantitative estimate of drug-likeness (QED) is 0.642. The Labute approximate surface area is 117 Å². The molecular weight excluding hydrogens is 256 g/mol. The Morgan fingerprint density at radius 3 is 3.20 bits per heavy atom. The first-order valence-electron chi connectivity index (χ1n) is 6.91. The largest absolute Gasteiger partial charge is 0.512 e. The van der Waals surface area contributed by atoms with Crippen molar-refractivity contribution in [1.82, 2.24) is 5.32 Å². The Morgan fingerprint density at radius 2 is 2.30 bits per heavy atom. The second kappa shape index (κ2) is 5.86. The van der Waals surface area contributed by atoms with Gasteiger partial charge < -0.3 is 20.0 Å². The normalized spacial score (nSPS) is 25.7. The average molecular weight is 274 g/mol. The van der Waals surface area contributed by atoms with Gasteiger partial charge in [0.15, 0.2) is 11.9 Å². The number of ether oxygens (including phenoxy) is 1. The maximum Gasteiger partial charge on any atom is 0.211 e. The van der Waals surface area contributed by atoms with Crippen LogP contribution in [0.25, 0.3) is 0 Å². The topological polar surface area (TPSA) is 63.1 Å². The molecule has 0 aromatic heterocycles. The Bertz CT molecular complexity index is 540. The fraction of sp³-hybridized carbons (Fsp3) is 0.400. The van der Waals surface area contributed by atoms with E-state index in [1.807, 2.05) is 6.07 Å². The van der Waals surface area contributed by atoms with E-state index in [1.165, 1.54) is 11.1 Å². The Kier molecular flexibility index (Phi) is 3.76. The van der Waals surface area contributed by atoms with Gasteiger partial charge in [-0.15, -0.1) is 0 Å². The third-order valence-corrected chi connectivity index (χ3v) is 3.59. The molecule has 1 aliphatic heterocycles. The number of aliphatic hydroxyl groups is 1. The number of hydrogen-bond donors (Lipinski definition) is 2. The van der Waals surface area contributed by atoms with E-state index in [0.29, 0.717) is 24.7 Å². The summed E-state index contributed by atoms with van der Waals surface area (Å²) in [5, 5.41) is 16.3. The Balaban J connectivity index is 1.76. The Hall–Kier alpha value is -2.17. The predicted molar refractivity (Wildman–Crippen MR) is 75.3 cm³/mol. The third-order valence-electron chi connectivity index (χ3n) is 3.59. The number of morpholine rings is 1. The number of aryl methyl sites for hydroxylation is 1. The minimum Gasteiger partial charge on any atom is -0.512 e. The van der Waals surface area contributed by atoms with Gasteiger partial charge in [0.25, 0.3) is 0 Å². The molecule has 0 radical (unpaired) electrons. The van der Waals surface area contributed by atoms with Gasteiger partial charge in [-0.25, -0.2) is 0 Å². The number of benzene rings is 1. The molecule has 1 aromatic rings. The van der Waals surface area contributed by atoms with Crippen molar-refractivity contribution in [3.8, 4) is 0 Å². The van der Waals surface area contributed by atoms with Gasteiger partial charge in [-0.3, -0.25) is 0 Å². The van der Waals surface area contributed by atoms with Gasteiger partial charge in [-0.2, -0.15) is 0 Å². The van der Waals surface area contributed by atoms with Crippen molar-refractivity contribution in [3.05, 3.63) is 47.4 Å². The summed E-state index contributed by atoms with van der Waals surface area (Å²) in [6.45, 7) is 1.17. The summed E-state index contributed by atoms with van der Waals surface area (Å²) >= 11 is 0. The molecule has 3 rings (SSSR count). The highest BCUT2D eigenvalue weighted by Crippen LogP contribution is 2.32. The number of fused-ring (bicyclic) bond motifs is 1. The second-order valence-corrected chi connectivity index (χ2v) is 4.89. The van der Waals surface area contributed by atoms with E-state index in [4.69, 9.17) is 14.7 Å². The lowest BCUT2D eigenvalue weighted by atomic mass is 9.90. The molecule has 1 heterocycles. The summed E-state index contributed by atoms with van der Waals surface area (Å²) in [5.41, 5.74) is 2.53. The summed E-state index contributed by atoms with van der Waals surface area (Å²) in [4.78, 5) is 5.67. The molecule has 1 aliphatic carbocycles. The molecule has 1 atom stereocenters. The van der Waals surface area contributed by atoms with Gasteiger partial charge in [0.2, 0.25) is 5.84 Å². The van der Waals surface area contributed by atoms with Crippen molar-refractivity contribution < 1.29 is 14.7 Å². The van der Waals surface area contributed by atoms with Crippen molar-refractivity contribution in [3.63, 3.8) is 0 Å². The predicted octanol–water partition coefficient (Wildman–Crippen LogP) is 2.41. The van der Waals surface area contributed by atoms with Crippen LogP contribution in [-0.2, 0) is 16.0 Å². The van der Waals surface area contributed by atoms with Crippen molar-refractivity contribution in [2.75, 3.05) is 13.2 Å². The van der Waals surface area contributed by atoms with Gasteiger partial charge in [0, 0.05) is 0 Å². The van der Waals surface area contributed by atoms with Crippen LogP contribution in [0.4, 0.5) is 0 Å². The molecule has 20 heavy (non-hydrogen) atoms. The summed E-state index contributed by atoms with van der Waals surface area (Å²) in [6, 6.07) is 8.30. The lowest BCUT2D eigenvalue weighted by Gasteiger charge is -2.24. The van der Waals surface area contributed by atoms with E-state index in [0.717, 1.165) is 25.5 Å². The molecule has 1 fully saturated rings. The van der Waals surface area contributed by atoms with Crippen molar-refractivity contribution >= 4 is 5.84 Å². The lowest BCUT2D eigenvalue weighted by molar-refractivity contribution is 0.0433. The number of nitrogens with zero attached hydrogens (tertiary/aromatic N) is 1. The van der Waals surface area contributed by atoms with Gasteiger partial charge in [0.05, 0.1) is 6.54 Å². The summed E-state index contributed by atoms with van der Waals surface area (Å²) in [6.07, 6.45) is 4.02.